The van der Waals surface area contributed by atoms with Crippen molar-refractivity contribution in [2.24, 2.45) is 0 Å². The third-order valence-electron chi connectivity index (χ3n) is 2.86. The Morgan fingerprint density at radius 3 is 2.39 bits per heavy atom. The number of benzene rings is 2. The van der Waals surface area contributed by atoms with Crippen molar-refractivity contribution in [3.8, 4) is 5.75 Å². The maximum absolute atomic E-state index is 13.7. The van der Waals surface area contributed by atoms with Crippen molar-refractivity contribution in [2.45, 2.75) is 0 Å². The molecule has 0 fully saturated rings. The van der Waals surface area contributed by atoms with Crippen molar-refractivity contribution >= 4 is 17.6 Å². The number of methoxy groups -OCH3 is 1. The molecule has 1 N–H and O–H groups in total. The molecule has 2 aromatic carbocycles. The van der Waals surface area contributed by atoms with Gasteiger partial charge in [0.25, 0.3) is 5.91 Å². The minimum Gasteiger partial charge on any atom is -0.497 e. The topological polar surface area (TPSA) is 64.6 Å². The van der Waals surface area contributed by atoms with E-state index in [9.17, 15) is 18.4 Å². The van der Waals surface area contributed by atoms with E-state index in [1.165, 1.54) is 43.5 Å². The van der Waals surface area contributed by atoms with Crippen LogP contribution in [-0.2, 0) is 9.53 Å². The molecule has 23 heavy (non-hydrogen) atoms. The molecule has 5 nitrogen and oxygen atoms in total. The van der Waals surface area contributed by atoms with Gasteiger partial charge >= 0.3 is 5.97 Å². The first-order chi connectivity index (χ1) is 11.0. The molecule has 0 aliphatic rings. The molecular formula is C16H13F2NO4. The van der Waals surface area contributed by atoms with E-state index in [4.69, 9.17) is 9.47 Å². The smallest absolute Gasteiger partial charge is 0.341 e. The Labute approximate surface area is 130 Å². The van der Waals surface area contributed by atoms with Crippen LogP contribution in [0.4, 0.5) is 14.5 Å². The van der Waals surface area contributed by atoms with Gasteiger partial charge < -0.3 is 14.8 Å². The number of carbonyl (C=O) groups is 2. The van der Waals surface area contributed by atoms with Crippen molar-refractivity contribution in [1.29, 1.82) is 0 Å². The maximum atomic E-state index is 13.7. The lowest BCUT2D eigenvalue weighted by Gasteiger charge is -2.08. The highest BCUT2D eigenvalue weighted by atomic mass is 19.1. The minimum atomic E-state index is -0.973. The van der Waals surface area contributed by atoms with Crippen molar-refractivity contribution in [2.75, 3.05) is 19.0 Å². The van der Waals surface area contributed by atoms with E-state index >= 15 is 0 Å². The second kappa shape index (κ2) is 7.35. The summed E-state index contributed by atoms with van der Waals surface area (Å²) in [5.41, 5.74) is 0.0449. The summed E-state index contributed by atoms with van der Waals surface area (Å²) in [7, 11) is 1.37. The van der Waals surface area contributed by atoms with Gasteiger partial charge in [-0.2, -0.15) is 0 Å². The molecule has 0 atom stereocenters. The Bertz CT molecular complexity index is 717. The van der Waals surface area contributed by atoms with E-state index in [-0.39, 0.29) is 11.3 Å². The maximum Gasteiger partial charge on any atom is 0.341 e. The van der Waals surface area contributed by atoms with Gasteiger partial charge in [-0.05, 0) is 36.4 Å². The quantitative estimate of drug-likeness (QED) is 0.860. The van der Waals surface area contributed by atoms with Gasteiger partial charge in [0, 0.05) is 11.8 Å². The third-order valence-corrected chi connectivity index (χ3v) is 2.86. The number of nitrogens with one attached hydrogen (secondary N) is 1. The van der Waals surface area contributed by atoms with E-state index in [1.54, 1.807) is 0 Å². The van der Waals surface area contributed by atoms with Crippen LogP contribution in [0.15, 0.2) is 42.5 Å². The predicted molar refractivity (Wildman–Crippen MR) is 78.3 cm³/mol. The van der Waals surface area contributed by atoms with Gasteiger partial charge in [0.2, 0.25) is 0 Å². The van der Waals surface area contributed by atoms with Crippen LogP contribution >= 0.6 is 0 Å². The van der Waals surface area contributed by atoms with Crippen LogP contribution in [0.2, 0.25) is 0 Å². The molecule has 2 aromatic rings. The summed E-state index contributed by atoms with van der Waals surface area (Å²) in [6, 6.07) is 8.71. The number of esters is 1. The zero-order chi connectivity index (χ0) is 16.8. The molecule has 2 rings (SSSR count). The fourth-order valence-corrected chi connectivity index (χ4v) is 1.73. The van der Waals surface area contributed by atoms with E-state index < -0.39 is 30.1 Å². The van der Waals surface area contributed by atoms with E-state index in [2.05, 4.69) is 5.32 Å². The number of rotatable bonds is 5. The molecular weight excluding hydrogens is 308 g/mol. The average molecular weight is 321 g/mol. The van der Waals surface area contributed by atoms with Crippen molar-refractivity contribution in [1.82, 2.24) is 0 Å². The Morgan fingerprint density at radius 2 is 1.78 bits per heavy atom. The molecule has 120 valence electrons. The minimum absolute atomic E-state index is 0.258. The fourth-order valence-electron chi connectivity index (χ4n) is 1.73. The standard InChI is InChI=1S/C16H13F2NO4/c1-22-12-6-7-13(14(18)8-12)16(21)23-9-15(20)19-11-4-2-10(17)3-5-11/h2-8H,9H2,1H3,(H,19,20). The lowest BCUT2D eigenvalue weighted by molar-refractivity contribution is -0.119. The van der Waals surface area contributed by atoms with Crippen molar-refractivity contribution in [3.05, 3.63) is 59.7 Å². The van der Waals surface area contributed by atoms with E-state index in [0.717, 1.165) is 6.07 Å². The lowest BCUT2D eigenvalue weighted by Crippen LogP contribution is -2.21. The summed E-state index contributed by atoms with van der Waals surface area (Å²) in [5, 5.41) is 2.41. The highest BCUT2D eigenvalue weighted by Gasteiger charge is 2.15. The van der Waals surface area contributed by atoms with Gasteiger partial charge in [-0.3, -0.25) is 4.79 Å². The average Bonchev–Trinajstić information content (AvgIpc) is 2.54. The van der Waals surface area contributed by atoms with Gasteiger partial charge in [-0.1, -0.05) is 0 Å². The summed E-state index contributed by atoms with van der Waals surface area (Å²) in [4.78, 5) is 23.4. The summed E-state index contributed by atoms with van der Waals surface area (Å²) < 4.78 is 36.0. The van der Waals surface area contributed by atoms with Gasteiger partial charge in [0.05, 0.1) is 12.7 Å². The zero-order valence-electron chi connectivity index (χ0n) is 12.1. The van der Waals surface area contributed by atoms with E-state index in [1.807, 2.05) is 0 Å². The van der Waals surface area contributed by atoms with Crippen molar-refractivity contribution in [3.63, 3.8) is 0 Å². The molecule has 0 saturated heterocycles. The van der Waals surface area contributed by atoms with Crippen molar-refractivity contribution < 1.29 is 27.8 Å². The first-order valence-corrected chi connectivity index (χ1v) is 6.55. The molecule has 0 unspecified atom stereocenters. The Hall–Kier alpha value is -2.96. The second-order valence-corrected chi connectivity index (χ2v) is 4.48. The molecule has 0 heterocycles. The summed E-state index contributed by atoms with van der Waals surface area (Å²) in [6.45, 7) is -0.596. The molecule has 0 aromatic heterocycles. The van der Waals surface area contributed by atoms with Crippen LogP contribution in [0.3, 0.4) is 0 Å². The first-order valence-electron chi connectivity index (χ1n) is 6.55. The molecule has 0 saturated carbocycles. The number of amides is 1. The fraction of sp³-hybridized carbons (Fsp3) is 0.125. The summed E-state index contributed by atoms with van der Waals surface area (Å²) in [5.74, 6) is -2.59. The SMILES string of the molecule is COc1ccc(C(=O)OCC(=O)Nc2ccc(F)cc2)c(F)c1. The second-order valence-electron chi connectivity index (χ2n) is 4.48. The Morgan fingerprint density at radius 1 is 1.09 bits per heavy atom. The van der Waals surface area contributed by atoms with Gasteiger partial charge in [-0.25, -0.2) is 13.6 Å². The Balaban J connectivity index is 1.91. The molecule has 0 bridgehead atoms. The van der Waals surface area contributed by atoms with Crippen LogP contribution in [0.25, 0.3) is 0 Å². The van der Waals surface area contributed by atoms with Crippen LogP contribution < -0.4 is 10.1 Å². The molecule has 7 heteroatoms. The lowest BCUT2D eigenvalue weighted by atomic mass is 10.2. The first kappa shape index (κ1) is 16.4. The number of carbonyl (C=O) groups excluding carboxylic acids is 2. The predicted octanol–water partition coefficient (Wildman–Crippen LogP) is 2.77. The molecule has 0 aliphatic heterocycles. The normalized spacial score (nSPS) is 10.0. The highest BCUT2D eigenvalue weighted by molar-refractivity contribution is 5.95. The van der Waals surface area contributed by atoms with Crippen LogP contribution in [-0.4, -0.2) is 25.6 Å². The number of ether oxygens (including phenoxy) is 2. The molecule has 1 amide bonds. The summed E-state index contributed by atoms with van der Waals surface area (Å²) >= 11 is 0. The summed E-state index contributed by atoms with van der Waals surface area (Å²) in [6.07, 6.45) is 0. The highest BCUT2D eigenvalue weighted by Crippen LogP contribution is 2.17. The monoisotopic (exact) mass is 321 g/mol. The van der Waals surface area contributed by atoms with Gasteiger partial charge in [-0.15, -0.1) is 0 Å². The number of hydrogen-bond donors (Lipinski definition) is 1. The molecule has 0 radical (unpaired) electrons. The van der Waals surface area contributed by atoms with Crippen LogP contribution in [0.5, 0.6) is 5.75 Å². The number of halogens is 2. The largest absolute Gasteiger partial charge is 0.497 e. The van der Waals surface area contributed by atoms with Gasteiger partial charge in [0.15, 0.2) is 6.61 Å². The number of hydrogen-bond acceptors (Lipinski definition) is 4. The molecule has 0 aliphatic carbocycles. The zero-order valence-corrected chi connectivity index (χ0v) is 12.1. The Kier molecular flexibility index (Phi) is 5.24. The van der Waals surface area contributed by atoms with E-state index in [0.29, 0.717) is 5.69 Å². The van der Waals surface area contributed by atoms with Crippen LogP contribution in [0.1, 0.15) is 10.4 Å². The molecule has 0 spiro atoms. The van der Waals surface area contributed by atoms with Gasteiger partial charge in [0.1, 0.15) is 17.4 Å². The number of anilines is 1. The van der Waals surface area contributed by atoms with Crippen LogP contribution in [0, 0.1) is 11.6 Å². The third kappa shape index (κ3) is 4.50.